The van der Waals surface area contributed by atoms with Crippen LogP contribution in [0.1, 0.15) is 23.2 Å². The van der Waals surface area contributed by atoms with Crippen molar-refractivity contribution >= 4 is 18.3 Å². The lowest BCUT2D eigenvalue weighted by Crippen LogP contribution is -2.46. The van der Waals surface area contributed by atoms with Gasteiger partial charge in [-0.3, -0.25) is 4.79 Å². The van der Waals surface area contributed by atoms with Crippen LogP contribution in [0.25, 0.3) is 0 Å². The predicted molar refractivity (Wildman–Crippen MR) is 73.3 cm³/mol. The average molecular weight is 271 g/mol. The summed E-state index contributed by atoms with van der Waals surface area (Å²) < 4.78 is 0. The Bertz CT molecular complexity index is 406. The van der Waals surface area contributed by atoms with E-state index in [0.717, 1.165) is 25.9 Å². The van der Waals surface area contributed by atoms with Crippen LogP contribution in [0, 0.1) is 0 Å². The summed E-state index contributed by atoms with van der Waals surface area (Å²) in [6.45, 7) is 1.88. The summed E-state index contributed by atoms with van der Waals surface area (Å²) in [5.41, 5.74) is 0.540. The van der Waals surface area contributed by atoms with Gasteiger partial charge in [0, 0.05) is 25.2 Å². The first-order valence-corrected chi connectivity index (χ1v) is 5.95. The maximum Gasteiger partial charge on any atom is 0.254 e. The van der Waals surface area contributed by atoms with Gasteiger partial charge in [-0.05, 0) is 37.6 Å². The Labute approximate surface area is 113 Å². The molecule has 0 spiro atoms. The Kier molecular flexibility index (Phi) is 5.44. The first-order valence-electron chi connectivity index (χ1n) is 5.95. The van der Waals surface area contributed by atoms with Crippen molar-refractivity contribution in [3.05, 3.63) is 29.8 Å². The molecule has 100 valence electrons. The van der Waals surface area contributed by atoms with Gasteiger partial charge in [0.25, 0.3) is 5.91 Å². The van der Waals surface area contributed by atoms with Gasteiger partial charge in [-0.2, -0.15) is 0 Å². The molecular weight excluding hydrogens is 252 g/mol. The molecule has 2 N–H and O–H groups in total. The molecule has 4 nitrogen and oxygen atoms in total. The smallest absolute Gasteiger partial charge is 0.254 e. The van der Waals surface area contributed by atoms with Crippen molar-refractivity contribution in [3.8, 4) is 5.75 Å². The number of nitrogens with zero attached hydrogens (tertiary/aromatic N) is 1. The van der Waals surface area contributed by atoms with E-state index in [1.165, 1.54) is 6.07 Å². The zero-order valence-electron chi connectivity index (χ0n) is 10.4. The van der Waals surface area contributed by atoms with Gasteiger partial charge in [0.2, 0.25) is 0 Å². The quantitative estimate of drug-likeness (QED) is 0.859. The molecule has 1 aliphatic heterocycles. The summed E-state index contributed by atoms with van der Waals surface area (Å²) in [4.78, 5) is 13.9. The molecule has 0 saturated carbocycles. The predicted octanol–water partition coefficient (Wildman–Crippen LogP) is 1.64. The van der Waals surface area contributed by atoms with Crippen molar-refractivity contribution in [1.29, 1.82) is 0 Å². The SMILES string of the molecule is CN(C(=O)c1cccc(O)c1)C1CCCNC1.Cl. The summed E-state index contributed by atoms with van der Waals surface area (Å²) in [6, 6.07) is 6.75. The van der Waals surface area contributed by atoms with E-state index in [1.807, 2.05) is 7.05 Å². The van der Waals surface area contributed by atoms with Crippen LogP contribution < -0.4 is 5.32 Å². The molecule has 2 rings (SSSR count). The normalized spacial score (nSPS) is 18.8. The molecule has 1 aromatic rings. The molecule has 1 fully saturated rings. The third-order valence-electron chi connectivity index (χ3n) is 3.23. The van der Waals surface area contributed by atoms with Crippen LogP contribution in [-0.4, -0.2) is 42.1 Å². The van der Waals surface area contributed by atoms with Crippen LogP contribution in [0.2, 0.25) is 0 Å². The molecule has 1 heterocycles. The number of hydrogen-bond donors (Lipinski definition) is 2. The van der Waals surface area contributed by atoms with Crippen molar-refractivity contribution in [2.24, 2.45) is 0 Å². The second-order valence-electron chi connectivity index (χ2n) is 4.47. The lowest BCUT2D eigenvalue weighted by Gasteiger charge is -2.31. The summed E-state index contributed by atoms with van der Waals surface area (Å²) in [6.07, 6.45) is 2.14. The second-order valence-corrected chi connectivity index (χ2v) is 4.47. The zero-order chi connectivity index (χ0) is 12.3. The number of rotatable bonds is 2. The van der Waals surface area contributed by atoms with E-state index in [1.54, 1.807) is 23.1 Å². The number of aromatic hydroxyl groups is 1. The molecule has 0 aliphatic carbocycles. The van der Waals surface area contributed by atoms with Crippen LogP contribution in [-0.2, 0) is 0 Å². The van der Waals surface area contributed by atoms with E-state index in [2.05, 4.69) is 5.32 Å². The van der Waals surface area contributed by atoms with Gasteiger partial charge in [0.15, 0.2) is 0 Å². The lowest BCUT2D eigenvalue weighted by atomic mass is 10.1. The van der Waals surface area contributed by atoms with Crippen molar-refractivity contribution in [2.75, 3.05) is 20.1 Å². The molecule has 1 unspecified atom stereocenters. The fraction of sp³-hybridized carbons (Fsp3) is 0.462. The molecule has 18 heavy (non-hydrogen) atoms. The number of phenols is 1. The van der Waals surface area contributed by atoms with Gasteiger partial charge < -0.3 is 15.3 Å². The number of piperidine rings is 1. The molecule has 1 saturated heterocycles. The number of carbonyl (C=O) groups excluding carboxylic acids is 1. The summed E-state index contributed by atoms with van der Waals surface area (Å²) in [5.74, 6) is 0.0978. The van der Waals surface area contributed by atoms with E-state index in [4.69, 9.17) is 0 Å². The molecule has 1 atom stereocenters. The maximum absolute atomic E-state index is 12.2. The molecule has 0 bridgehead atoms. The standard InChI is InChI=1S/C13H18N2O2.ClH/c1-15(11-5-3-7-14-9-11)13(17)10-4-2-6-12(16)8-10;/h2,4,6,8,11,14,16H,3,5,7,9H2,1H3;1H. The van der Waals surface area contributed by atoms with Crippen LogP contribution in [0.4, 0.5) is 0 Å². The minimum absolute atomic E-state index is 0. The van der Waals surface area contributed by atoms with Gasteiger partial charge in [0.1, 0.15) is 5.75 Å². The summed E-state index contributed by atoms with van der Waals surface area (Å²) >= 11 is 0. The van der Waals surface area contributed by atoms with Gasteiger partial charge in [-0.1, -0.05) is 6.07 Å². The number of hydrogen-bond acceptors (Lipinski definition) is 3. The number of amides is 1. The minimum Gasteiger partial charge on any atom is -0.508 e. The summed E-state index contributed by atoms with van der Waals surface area (Å²) in [7, 11) is 1.82. The monoisotopic (exact) mass is 270 g/mol. The first-order chi connectivity index (χ1) is 8.18. The van der Waals surface area contributed by atoms with E-state index >= 15 is 0 Å². The van der Waals surface area contributed by atoms with Gasteiger partial charge in [0.05, 0.1) is 0 Å². The van der Waals surface area contributed by atoms with Crippen LogP contribution in [0.5, 0.6) is 5.75 Å². The molecule has 0 aromatic heterocycles. The number of likely N-dealkylation sites (N-methyl/N-ethyl adjacent to an activating group) is 1. The van der Waals surface area contributed by atoms with Crippen molar-refractivity contribution in [3.63, 3.8) is 0 Å². The molecule has 5 heteroatoms. The number of carbonyl (C=O) groups is 1. The average Bonchev–Trinajstić information content (AvgIpc) is 2.38. The van der Waals surface area contributed by atoms with Crippen molar-refractivity contribution in [1.82, 2.24) is 10.2 Å². The zero-order valence-corrected chi connectivity index (χ0v) is 11.2. The highest BCUT2D eigenvalue weighted by Crippen LogP contribution is 2.16. The highest BCUT2D eigenvalue weighted by Gasteiger charge is 2.22. The van der Waals surface area contributed by atoms with Crippen LogP contribution in [0.15, 0.2) is 24.3 Å². The number of phenolic OH excluding ortho intramolecular Hbond substituents is 1. The largest absolute Gasteiger partial charge is 0.508 e. The number of nitrogens with one attached hydrogen (secondary N) is 1. The highest BCUT2D eigenvalue weighted by molar-refractivity contribution is 5.94. The fourth-order valence-electron chi connectivity index (χ4n) is 2.17. The third kappa shape index (κ3) is 3.37. The third-order valence-corrected chi connectivity index (χ3v) is 3.23. The van der Waals surface area contributed by atoms with Crippen LogP contribution >= 0.6 is 12.4 Å². The van der Waals surface area contributed by atoms with Crippen molar-refractivity contribution in [2.45, 2.75) is 18.9 Å². The van der Waals surface area contributed by atoms with E-state index in [0.29, 0.717) is 5.56 Å². The molecule has 1 aromatic carbocycles. The lowest BCUT2D eigenvalue weighted by molar-refractivity contribution is 0.0708. The Morgan fingerprint density at radius 3 is 2.89 bits per heavy atom. The van der Waals surface area contributed by atoms with E-state index in [9.17, 15) is 9.90 Å². The minimum atomic E-state index is -0.0328. The maximum atomic E-state index is 12.2. The topological polar surface area (TPSA) is 52.6 Å². The van der Waals surface area contributed by atoms with Gasteiger partial charge in [-0.15, -0.1) is 12.4 Å². The van der Waals surface area contributed by atoms with Crippen LogP contribution in [0.3, 0.4) is 0 Å². The van der Waals surface area contributed by atoms with Crippen molar-refractivity contribution < 1.29 is 9.90 Å². The molecular formula is C13H19ClN2O2. The molecule has 1 amide bonds. The first kappa shape index (κ1) is 14.8. The Morgan fingerprint density at radius 1 is 1.50 bits per heavy atom. The van der Waals surface area contributed by atoms with E-state index in [-0.39, 0.29) is 30.1 Å². The summed E-state index contributed by atoms with van der Waals surface area (Å²) in [5, 5.41) is 12.7. The molecule has 0 radical (unpaired) electrons. The molecule has 1 aliphatic rings. The Balaban J connectivity index is 0.00000162. The number of halogens is 1. The second kappa shape index (κ2) is 6.61. The fourth-order valence-corrected chi connectivity index (χ4v) is 2.17. The Hall–Kier alpha value is -1.26. The van der Waals surface area contributed by atoms with Gasteiger partial charge in [-0.25, -0.2) is 0 Å². The highest BCUT2D eigenvalue weighted by atomic mass is 35.5. The Morgan fingerprint density at radius 2 is 2.28 bits per heavy atom. The van der Waals surface area contributed by atoms with E-state index < -0.39 is 0 Å². The number of benzene rings is 1. The van der Waals surface area contributed by atoms with Gasteiger partial charge >= 0.3 is 0 Å².